The number of nitrogens with one attached hydrogen (secondary N) is 1. The molecule has 1 saturated carbocycles. The van der Waals surface area contributed by atoms with Crippen LogP contribution in [0.1, 0.15) is 39.0 Å². The van der Waals surface area contributed by atoms with E-state index >= 15 is 0 Å². The molecule has 1 aliphatic carbocycles. The summed E-state index contributed by atoms with van der Waals surface area (Å²) < 4.78 is 0. The molecule has 0 bridgehead atoms. The highest BCUT2D eigenvalue weighted by molar-refractivity contribution is 6.33. The third kappa shape index (κ3) is 3.03. The highest BCUT2D eigenvalue weighted by atomic mass is 35.5. The van der Waals surface area contributed by atoms with Gasteiger partial charge in [0, 0.05) is 0 Å². The molecule has 0 aromatic heterocycles. The summed E-state index contributed by atoms with van der Waals surface area (Å²) in [7, 11) is 0. The van der Waals surface area contributed by atoms with Crippen molar-refractivity contribution in [1.29, 1.82) is 0 Å². The number of rotatable bonds is 4. The predicted molar refractivity (Wildman–Crippen MR) is 77.7 cm³/mol. The lowest BCUT2D eigenvalue weighted by Gasteiger charge is -2.39. The number of halogens is 1. The molecular weight excluding hydrogens is 262 g/mol. The van der Waals surface area contributed by atoms with Crippen LogP contribution in [0.4, 0.5) is 5.69 Å². The first-order valence-corrected chi connectivity index (χ1v) is 7.21. The Bertz CT molecular complexity index is 463. The van der Waals surface area contributed by atoms with Gasteiger partial charge in [-0.25, -0.2) is 4.79 Å². The molecule has 2 atom stereocenters. The lowest BCUT2D eigenvalue weighted by Crippen LogP contribution is -2.49. The number of carboxylic acids is 1. The number of para-hydroxylation sites is 1. The summed E-state index contributed by atoms with van der Waals surface area (Å²) in [5.41, 5.74) is -0.160. The van der Waals surface area contributed by atoms with Crippen molar-refractivity contribution in [3.63, 3.8) is 0 Å². The Hall–Kier alpha value is -1.22. The number of hydrogen-bond donors (Lipinski definition) is 2. The first-order chi connectivity index (χ1) is 9.07. The zero-order valence-electron chi connectivity index (χ0n) is 11.2. The summed E-state index contributed by atoms with van der Waals surface area (Å²) >= 11 is 6.12. The maximum Gasteiger partial charge on any atom is 0.329 e. The highest BCUT2D eigenvalue weighted by Crippen LogP contribution is 2.38. The smallest absolute Gasteiger partial charge is 0.329 e. The van der Waals surface area contributed by atoms with Gasteiger partial charge >= 0.3 is 5.97 Å². The maximum absolute atomic E-state index is 11.7. The Balaban J connectivity index is 2.25. The Labute approximate surface area is 119 Å². The second-order valence-corrected chi connectivity index (χ2v) is 5.77. The lowest BCUT2D eigenvalue weighted by atomic mass is 9.74. The fraction of sp³-hybridized carbons (Fsp3) is 0.533. The van der Waals surface area contributed by atoms with Crippen LogP contribution in [0.2, 0.25) is 5.02 Å². The molecular formula is C15H20ClNO2. The van der Waals surface area contributed by atoms with Crippen molar-refractivity contribution in [2.45, 2.75) is 44.6 Å². The number of carboxylic acid groups (broad SMARTS) is 1. The third-order valence-corrected chi connectivity index (χ3v) is 4.42. The molecule has 0 aliphatic heterocycles. The maximum atomic E-state index is 11.7. The van der Waals surface area contributed by atoms with Gasteiger partial charge in [-0.05, 0) is 30.9 Å². The van der Waals surface area contributed by atoms with Gasteiger partial charge in [0.2, 0.25) is 0 Å². The minimum Gasteiger partial charge on any atom is -0.480 e. The largest absolute Gasteiger partial charge is 0.480 e. The van der Waals surface area contributed by atoms with Crippen LogP contribution in [-0.4, -0.2) is 16.6 Å². The molecule has 2 unspecified atom stereocenters. The van der Waals surface area contributed by atoms with Crippen molar-refractivity contribution < 1.29 is 9.90 Å². The minimum absolute atomic E-state index is 0.472. The molecule has 2 rings (SSSR count). The van der Waals surface area contributed by atoms with Crippen molar-refractivity contribution in [2.75, 3.05) is 5.32 Å². The summed E-state index contributed by atoms with van der Waals surface area (Å²) in [6.07, 6.45) is 4.42. The monoisotopic (exact) mass is 281 g/mol. The first kappa shape index (κ1) is 14.2. The molecule has 1 aromatic rings. The molecule has 104 valence electrons. The number of anilines is 1. The van der Waals surface area contributed by atoms with E-state index in [0.29, 0.717) is 29.5 Å². The molecule has 1 aromatic carbocycles. The summed E-state index contributed by atoms with van der Waals surface area (Å²) in [6.45, 7) is 2.12. The zero-order valence-corrected chi connectivity index (χ0v) is 11.9. The average molecular weight is 282 g/mol. The van der Waals surface area contributed by atoms with Gasteiger partial charge < -0.3 is 10.4 Å². The normalized spacial score (nSPS) is 26.9. The predicted octanol–water partition coefficient (Wildman–Crippen LogP) is 4.18. The van der Waals surface area contributed by atoms with Crippen LogP contribution < -0.4 is 5.32 Å². The molecule has 0 heterocycles. The number of aliphatic carboxylic acids is 1. The van der Waals surface area contributed by atoms with Crippen LogP contribution in [0.15, 0.2) is 24.3 Å². The van der Waals surface area contributed by atoms with Crippen molar-refractivity contribution in [1.82, 2.24) is 0 Å². The molecule has 0 amide bonds. The van der Waals surface area contributed by atoms with Crippen molar-refractivity contribution >= 4 is 23.3 Å². The Kier molecular flexibility index (Phi) is 4.35. The molecule has 1 aliphatic rings. The second kappa shape index (κ2) is 5.83. The Morgan fingerprint density at radius 3 is 2.89 bits per heavy atom. The van der Waals surface area contributed by atoms with E-state index in [1.54, 1.807) is 6.07 Å². The molecule has 2 N–H and O–H groups in total. The van der Waals surface area contributed by atoms with Gasteiger partial charge in [-0.2, -0.15) is 0 Å². The molecule has 0 radical (unpaired) electrons. The van der Waals surface area contributed by atoms with Crippen molar-refractivity contribution in [3.8, 4) is 0 Å². The Morgan fingerprint density at radius 2 is 2.26 bits per heavy atom. The molecule has 19 heavy (non-hydrogen) atoms. The van der Waals surface area contributed by atoms with E-state index in [1.807, 2.05) is 18.2 Å². The van der Waals surface area contributed by atoms with E-state index in [0.717, 1.165) is 19.3 Å². The van der Waals surface area contributed by atoms with Crippen LogP contribution >= 0.6 is 11.6 Å². The lowest BCUT2D eigenvalue weighted by molar-refractivity contribution is -0.144. The third-order valence-electron chi connectivity index (χ3n) is 4.09. The van der Waals surface area contributed by atoms with Crippen LogP contribution in [0.3, 0.4) is 0 Å². The van der Waals surface area contributed by atoms with E-state index in [9.17, 15) is 9.90 Å². The standard InChI is InChI=1S/C15H20ClNO2/c1-2-11-6-5-9-15(10-11,14(18)19)17-13-8-4-3-7-12(13)16/h3-4,7-8,11,17H,2,5-6,9-10H2,1H3,(H,18,19). The van der Waals surface area contributed by atoms with Crippen LogP contribution in [0.25, 0.3) is 0 Å². The van der Waals surface area contributed by atoms with Gasteiger partial charge in [0.05, 0.1) is 10.7 Å². The molecule has 1 fully saturated rings. The van der Waals surface area contributed by atoms with Crippen molar-refractivity contribution in [3.05, 3.63) is 29.3 Å². The number of benzene rings is 1. The van der Waals surface area contributed by atoms with E-state index < -0.39 is 11.5 Å². The molecule has 4 heteroatoms. The quantitative estimate of drug-likeness (QED) is 0.870. The topological polar surface area (TPSA) is 49.3 Å². The van der Waals surface area contributed by atoms with E-state index in [-0.39, 0.29) is 0 Å². The molecule has 3 nitrogen and oxygen atoms in total. The minimum atomic E-state index is -0.871. The van der Waals surface area contributed by atoms with Gasteiger partial charge in [-0.1, -0.05) is 49.9 Å². The fourth-order valence-corrected chi connectivity index (χ4v) is 3.10. The fourth-order valence-electron chi connectivity index (χ4n) is 2.92. The van der Waals surface area contributed by atoms with Gasteiger partial charge in [0.1, 0.15) is 5.54 Å². The van der Waals surface area contributed by atoms with Gasteiger partial charge in [0.25, 0.3) is 0 Å². The zero-order chi connectivity index (χ0) is 13.9. The van der Waals surface area contributed by atoms with E-state index in [4.69, 9.17) is 11.6 Å². The SMILES string of the molecule is CCC1CCCC(Nc2ccccc2Cl)(C(=O)O)C1. The van der Waals surface area contributed by atoms with Crippen molar-refractivity contribution in [2.24, 2.45) is 5.92 Å². The van der Waals surface area contributed by atoms with E-state index in [1.165, 1.54) is 0 Å². The first-order valence-electron chi connectivity index (χ1n) is 6.83. The van der Waals surface area contributed by atoms with Gasteiger partial charge in [0.15, 0.2) is 0 Å². The van der Waals surface area contributed by atoms with Gasteiger partial charge in [-0.15, -0.1) is 0 Å². The average Bonchev–Trinajstić information content (AvgIpc) is 2.41. The summed E-state index contributed by atoms with van der Waals surface area (Å²) in [4.78, 5) is 11.7. The van der Waals surface area contributed by atoms with Crippen LogP contribution in [0, 0.1) is 5.92 Å². The van der Waals surface area contributed by atoms with Gasteiger partial charge in [-0.3, -0.25) is 0 Å². The van der Waals surface area contributed by atoms with E-state index in [2.05, 4.69) is 12.2 Å². The Morgan fingerprint density at radius 1 is 1.53 bits per heavy atom. The molecule has 0 spiro atoms. The summed E-state index contributed by atoms with van der Waals surface area (Å²) in [6, 6.07) is 7.32. The van der Waals surface area contributed by atoms with Crippen LogP contribution in [0.5, 0.6) is 0 Å². The molecule has 0 saturated heterocycles. The highest BCUT2D eigenvalue weighted by Gasteiger charge is 2.42. The summed E-state index contributed by atoms with van der Waals surface area (Å²) in [5, 5.41) is 13.4. The number of carbonyl (C=O) groups is 1. The second-order valence-electron chi connectivity index (χ2n) is 5.36. The van der Waals surface area contributed by atoms with Crippen LogP contribution in [-0.2, 0) is 4.79 Å². The number of hydrogen-bond acceptors (Lipinski definition) is 2. The summed E-state index contributed by atoms with van der Waals surface area (Å²) in [5.74, 6) is -0.301.